The van der Waals surface area contributed by atoms with E-state index in [1.807, 2.05) is 31.2 Å². The lowest BCUT2D eigenvalue weighted by Crippen LogP contribution is -2.48. The van der Waals surface area contributed by atoms with Gasteiger partial charge in [-0.3, -0.25) is 4.79 Å². The third kappa shape index (κ3) is 5.99. The lowest BCUT2D eigenvalue weighted by molar-refractivity contribution is -0.129. The molecule has 33 heavy (non-hydrogen) atoms. The van der Waals surface area contributed by atoms with Crippen molar-refractivity contribution in [3.8, 4) is 0 Å². The van der Waals surface area contributed by atoms with E-state index in [9.17, 15) is 14.0 Å². The molecule has 0 aromatic heterocycles. The maximum Gasteiger partial charge on any atom is 0.337 e. The van der Waals surface area contributed by atoms with Crippen LogP contribution in [0.4, 0.5) is 4.39 Å². The van der Waals surface area contributed by atoms with E-state index in [4.69, 9.17) is 4.74 Å². The Balaban J connectivity index is 1.79. The zero-order chi connectivity index (χ0) is 24.1. The first-order valence-electron chi connectivity index (χ1n) is 11.7. The first kappa shape index (κ1) is 24.9. The summed E-state index contributed by atoms with van der Waals surface area (Å²) < 4.78 is 18.2. The van der Waals surface area contributed by atoms with Crippen LogP contribution in [-0.2, 0) is 16.0 Å². The Morgan fingerprint density at radius 2 is 1.73 bits per heavy atom. The second kappa shape index (κ2) is 10.9. The van der Waals surface area contributed by atoms with Crippen molar-refractivity contribution in [1.29, 1.82) is 0 Å². The largest absolute Gasteiger partial charge is 0.465 e. The fourth-order valence-corrected chi connectivity index (χ4v) is 4.89. The van der Waals surface area contributed by atoms with Crippen LogP contribution in [0.2, 0.25) is 0 Å². The van der Waals surface area contributed by atoms with Crippen molar-refractivity contribution in [1.82, 2.24) is 10.2 Å². The third-order valence-corrected chi connectivity index (χ3v) is 7.22. The fourth-order valence-electron chi connectivity index (χ4n) is 4.89. The van der Waals surface area contributed by atoms with Crippen LogP contribution >= 0.6 is 0 Å². The van der Waals surface area contributed by atoms with Gasteiger partial charge in [0.1, 0.15) is 5.82 Å². The van der Waals surface area contributed by atoms with Gasteiger partial charge in [-0.05, 0) is 88.4 Å². The third-order valence-electron chi connectivity index (χ3n) is 7.22. The van der Waals surface area contributed by atoms with E-state index in [-0.39, 0.29) is 41.6 Å². The van der Waals surface area contributed by atoms with E-state index in [2.05, 4.69) is 31.1 Å². The highest BCUT2D eigenvalue weighted by molar-refractivity contribution is 5.89. The summed E-state index contributed by atoms with van der Waals surface area (Å²) in [6, 6.07) is 14.0. The molecule has 3 rings (SSSR count). The number of hydrogen-bond donors (Lipinski definition) is 1. The maximum absolute atomic E-state index is 13.6. The zero-order valence-corrected chi connectivity index (χ0v) is 20.2. The van der Waals surface area contributed by atoms with Gasteiger partial charge in [0.2, 0.25) is 5.91 Å². The summed E-state index contributed by atoms with van der Waals surface area (Å²) in [6.07, 6.45) is 2.69. The number of benzene rings is 2. The van der Waals surface area contributed by atoms with Crippen LogP contribution in [0.25, 0.3) is 0 Å². The van der Waals surface area contributed by atoms with Crippen molar-refractivity contribution in [2.45, 2.75) is 58.2 Å². The molecule has 2 aromatic rings. The first-order chi connectivity index (χ1) is 15.7. The monoisotopic (exact) mass is 454 g/mol. The molecule has 1 fully saturated rings. The molecule has 0 saturated carbocycles. The van der Waals surface area contributed by atoms with Gasteiger partial charge < -0.3 is 15.0 Å². The molecule has 2 aromatic carbocycles. The molecule has 1 saturated heterocycles. The quantitative estimate of drug-likeness (QED) is 0.639. The molecule has 1 aliphatic heterocycles. The van der Waals surface area contributed by atoms with Crippen LogP contribution in [-0.4, -0.2) is 43.0 Å². The number of ether oxygens (including phenoxy) is 1. The number of nitrogens with one attached hydrogen (secondary N) is 1. The first-order valence-corrected chi connectivity index (χ1v) is 11.7. The number of carbonyl (C=O) groups excluding carboxylic acids is 2. The minimum absolute atomic E-state index is 0.0279. The van der Waals surface area contributed by atoms with Gasteiger partial charge in [-0.2, -0.15) is 0 Å². The molecule has 1 heterocycles. The van der Waals surface area contributed by atoms with E-state index in [1.54, 1.807) is 12.1 Å². The summed E-state index contributed by atoms with van der Waals surface area (Å²) in [5.74, 6) is -0.636. The Bertz CT molecular complexity index is 945. The molecule has 0 bridgehead atoms. The summed E-state index contributed by atoms with van der Waals surface area (Å²) >= 11 is 0. The smallest absolute Gasteiger partial charge is 0.337 e. The molecule has 178 valence electrons. The summed E-state index contributed by atoms with van der Waals surface area (Å²) in [5.41, 5.74) is 2.45. The maximum atomic E-state index is 13.6. The van der Waals surface area contributed by atoms with Gasteiger partial charge >= 0.3 is 5.97 Å². The van der Waals surface area contributed by atoms with E-state index < -0.39 is 0 Å². The summed E-state index contributed by atoms with van der Waals surface area (Å²) in [4.78, 5) is 27.6. The van der Waals surface area contributed by atoms with Crippen molar-refractivity contribution in [3.05, 3.63) is 71.0 Å². The molecule has 0 aliphatic carbocycles. The van der Waals surface area contributed by atoms with Gasteiger partial charge in [-0.1, -0.05) is 24.3 Å². The van der Waals surface area contributed by atoms with Crippen LogP contribution in [0.5, 0.6) is 0 Å². The molecule has 5 nitrogen and oxygen atoms in total. The molecule has 1 N–H and O–H groups in total. The average Bonchev–Trinajstić information content (AvgIpc) is 2.91. The van der Waals surface area contributed by atoms with E-state index >= 15 is 0 Å². The minimum atomic E-state index is -0.383. The lowest BCUT2D eigenvalue weighted by Gasteiger charge is -2.35. The Morgan fingerprint density at radius 1 is 1.09 bits per heavy atom. The average molecular weight is 455 g/mol. The second-order valence-electron chi connectivity index (χ2n) is 9.29. The highest BCUT2D eigenvalue weighted by atomic mass is 19.1. The predicted molar refractivity (Wildman–Crippen MR) is 127 cm³/mol. The van der Waals surface area contributed by atoms with Gasteiger partial charge in [0.05, 0.1) is 24.6 Å². The molecule has 0 spiro atoms. The molecular formula is C27H35FN2O3. The summed E-state index contributed by atoms with van der Waals surface area (Å²) in [7, 11) is 3.44. The number of esters is 1. The van der Waals surface area contributed by atoms with Crippen LogP contribution in [0.1, 0.15) is 61.1 Å². The van der Waals surface area contributed by atoms with Crippen molar-refractivity contribution in [3.63, 3.8) is 0 Å². The molecule has 5 atom stereocenters. The van der Waals surface area contributed by atoms with Crippen molar-refractivity contribution in [2.75, 3.05) is 14.2 Å². The van der Waals surface area contributed by atoms with Crippen LogP contribution in [0, 0.1) is 17.7 Å². The van der Waals surface area contributed by atoms with Gasteiger partial charge in [0, 0.05) is 12.1 Å². The topological polar surface area (TPSA) is 58.6 Å². The highest BCUT2D eigenvalue weighted by Gasteiger charge is 2.39. The lowest BCUT2D eigenvalue weighted by atomic mass is 9.79. The number of rotatable bonds is 6. The number of amides is 1. The van der Waals surface area contributed by atoms with Gasteiger partial charge in [0.15, 0.2) is 0 Å². The Hall–Kier alpha value is -2.73. The van der Waals surface area contributed by atoms with Crippen LogP contribution < -0.4 is 5.32 Å². The van der Waals surface area contributed by atoms with Crippen molar-refractivity contribution < 1.29 is 18.7 Å². The fraction of sp³-hybridized carbons (Fsp3) is 0.481. The molecular weight excluding hydrogens is 419 g/mol. The number of methoxy groups -OCH3 is 1. The number of carbonyl (C=O) groups is 2. The van der Waals surface area contributed by atoms with E-state index in [1.165, 1.54) is 19.2 Å². The van der Waals surface area contributed by atoms with Gasteiger partial charge in [-0.25, -0.2) is 9.18 Å². The molecule has 1 aliphatic rings. The normalized spacial score (nSPS) is 24.5. The molecule has 0 radical (unpaired) electrons. The van der Waals surface area contributed by atoms with E-state index in [0.717, 1.165) is 30.4 Å². The minimum Gasteiger partial charge on any atom is -0.465 e. The van der Waals surface area contributed by atoms with Crippen LogP contribution in [0.3, 0.4) is 0 Å². The number of likely N-dealkylation sites (tertiary alicyclic amines) is 1. The van der Waals surface area contributed by atoms with Crippen LogP contribution in [0.15, 0.2) is 48.5 Å². The number of nitrogens with zero attached hydrogens (tertiary/aromatic N) is 1. The Morgan fingerprint density at radius 3 is 2.33 bits per heavy atom. The van der Waals surface area contributed by atoms with Crippen molar-refractivity contribution >= 4 is 11.9 Å². The zero-order valence-electron chi connectivity index (χ0n) is 20.2. The highest BCUT2D eigenvalue weighted by Crippen LogP contribution is 2.34. The Labute approximate surface area is 196 Å². The predicted octanol–water partition coefficient (Wildman–Crippen LogP) is 4.77. The molecule has 6 heteroatoms. The SMILES string of the molecule is COC(=O)c1ccc(C(C)NC(=O)C2C(Cc3ccc(F)cc3)CCC(C)N(C)C2C)cc1. The summed E-state index contributed by atoms with van der Waals surface area (Å²) in [5, 5.41) is 3.21. The number of hydrogen-bond acceptors (Lipinski definition) is 4. The second-order valence-corrected chi connectivity index (χ2v) is 9.29. The van der Waals surface area contributed by atoms with Gasteiger partial charge in [-0.15, -0.1) is 0 Å². The molecule has 5 unspecified atom stereocenters. The molecule has 1 amide bonds. The number of halogens is 1. The van der Waals surface area contributed by atoms with Crippen molar-refractivity contribution in [2.24, 2.45) is 11.8 Å². The van der Waals surface area contributed by atoms with E-state index in [0.29, 0.717) is 11.6 Å². The standard InChI is InChI=1S/C27H35FN2O3/c1-17-6-9-23(16-20-7-14-24(28)15-8-20)25(19(3)30(17)4)26(31)29-18(2)21-10-12-22(13-11-21)27(32)33-5/h7-8,10-15,17-19,23,25H,6,9,16H2,1-5H3,(H,29,31). The Kier molecular flexibility index (Phi) is 8.25. The van der Waals surface area contributed by atoms with Gasteiger partial charge in [0.25, 0.3) is 0 Å². The summed E-state index contributed by atoms with van der Waals surface area (Å²) in [6.45, 7) is 6.28.